The van der Waals surface area contributed by atoms with Crippen LogP contribution in [0.25, 0.3) is 22.3 Å². The normalized spacial score (nSPS) is 11.1. The fourth-order valence-corrected chi connectivity index (χ4v) is 5.01. The van der Waals surface area contributed by atoms with Gasteiger partial charge in [0.1, 0.15) is 0 Å². The average molecular weight is 631 g/mol. The summed E-state index contributed by atoms with van der Waals surface area (Å²) in [7, 11) is -8.72. The van der Waals surface area contributed by atoms with Gasteiger partial charge in [-0.15, -0.1) is 0 Å². The van der Waals surface area contributed by atoms with Gasteiger partial charge in [-0.25, -0.2) is 16.8 Å². The van der Waals surface area contributed by atoms with Crippen LogP contribution in [0.3, 0.4) is 0 Å². The maximum absolute atomic E-state index is 10.9. The maximum Gasteiger partial charge on any atom is 2.00 e. The fraction of sp³-hybridized carbons (Fsp3) is 0.0769. The van der Waals surface area contributed by atoms with Crippen molar-refractivity contribution in [2.24, 2.45) is 0 Å². The van der Waals surface area contributed by atoms with Gasteiger partial charge < -0.3 is 20.6 Å². The Morgan fingerprint density at radius 1 is 0.514 bits per heavy atom. The molecule has 4 aromatic rings. The molecule has 0 amide bonds. The third-order valence-electron chi connectivity index (χ3n) is 5.24. The molecule has 0 saturated carbocycles. The van der Waals surface area contributed by atoms with Crippen LogP contribution in [0.2, 0.25) is 0 Å². The Hall–Kier alpha value is -3.04. The van der Waals surface area contributed by atoms with Crippen molar-refractivity contribution in [3.63, 3.8) is 0 Å². The number of rotatable bonds is 6. The number of nitrogen functional groups attached to an aromatic ring is 2. The molecule has 0 unspecified atom stereocenters. The second-order valence-electron chi connectivity index (χ2n) is 7.88. The Morgan fingerprint density at radius 2 is 0.838 bits per heavy atom. The summed E-state index contributed by atoms with van der Waals surface area (Å²) in [5, 5.41) is 0. The van der Waals surface area contributed by atoms with E-state index in [9.17, 15) is 25.9 Å². The molecule has 37 heavy (non-hydrogen) atoms. The minimum absolute atomic E-state index is 0. The Balaban J connectivity index is 0.000000253. The van der Waals surface area contributed by atoms with Gasteiger partial charge >= 0.3 is 20.4 Å². The molecule has 0 fully saturated rings. The van der Waals surface area contributed by atoms with E-state index < -0.39 is 31.7 Å². The first-order valence-electron chi connectivity index (χ1n) is 10.7. The van der Waals surface area contributed by atoms with Crippen molar-refractivity contribution in [1.29, 1.82) is 0 Å². The second-order valence-corrected chi connectivity index (χ2v) is 10.7. The first kappa shape index (κ1) is 30.2. The van der Waals surface area contributed by atoms with Crippen LogP contribution in [0, 0.1) is 0 Å². The molecule has 196 valence electrons. The van der Waals surface area contributed by atoms with Crippen LogP contribution >= 0.6 is 0 Å². The molecule has 11 heteroatoms. The minimum Gasteiger partial charge on any atom is -0.748 e. The van der Waals surface area contributed by atoms with Crippen LogP contribution in [0.5, 0.6) is 0 Å². The maximum atomic E-state index is 10.9. The number of hydrogen-bond donors (Lipinski definition) is 2. The van der Waals surface area contributed by atoms with Crippen molar-refractivity contribution >= 4 is 31.6 Å². The molecule has 4 aromatic carbocycles. The van der Waals surface area contributed by atoms with Crippen LogP contribution in [0.1, 0.15) is 11.1 Å². The van der Waals surface area contributed by atoms with Crippen molar-refractivity contribution < 1.29 is 46.4 Å². The fourth-order valence-electron chi connectivity index (χ4n) is 3.66. The smallest absolute Gasteiger partial charge is 0.748 e. The van der Waals surface area contributed by atoms with Crippen LogP contribution in [0.4, 0.5) is 11.4 Å². The topological polar surface area (TPSA) is 166 Å². The summed E-state index contributed by atoms with van der Waals surface area (Å²) in [5.74, 6) is -1.19. The summed E-state index contributed by atoms with van der Waals surface area (Å²) in [5.41, 5.74) is 15.9. The molecule has 0 atom stereocenters. The van der Waals surface area contributed by atoms with Crippen molar-refractivity contribution in [2.75, 3.05) is 11.5 Å². The minimum atomic E-state index is -4.36. The Morgan fingerprint density at radius 3 is 1.14 bits per heavy atom. The molecular formula is C26H24N2O6PdS2. The third-order valence-corrected chi connectivity index (χ3v) is 6.52. The molecule has 0 aliphatic heterocycles. The number of anilines is 2. The molecule has 4 rings (SSSR count). The molecule has 0 heterocycles. The SMILES string of the molecule is Nc1cccc(-c2ccccc2)c1CS(=O)(=O)[O-].Nc1cccc(-c2ccccc2)c1CS(=O)(=O)[O-].[Pd+2]. The summed E-state index contributed by atoms with van der Waals surface area (Å²) in [6.45, 7) is 0. The summed E-state index contributed by atoms with van der Waals surface area (Å²) in [6.07, 6.45) is 0. The molecule has 0 aliphatic rings. The summed E-state index contributed by atoms with van der Waals surface area (Å²) in [6, 6.07) is 28.6. The molecule has 0 radical (unpaired) electrons. The zero-order valence-corrected chi connectivity index (χ0v) is 22.6. The van der Waals surface area contributed by atoms with E-state index in [0.717, 1.165) is 11.1 Å². The van der Waals surface area contributed by atoms with E-state index in [4.69, 9.17) is 11.5 Å². The molecule has 0 spiro atoms. The van der Waals surface area contributed by atoms with Crippen molar-refractivity contribution in [1.82, 2.24) is 0 Å². The van der Waals surface area contributed by atoms with Gasteiger partial charge in [0.15, 0.2) is 0 Å². The third kappa shape index (κ3) is 9.09. The average Bonchev–Trinajstić information content (AvgIpc) is 2.82. The first-order chi connectivity index (χ1) is 16.9. The summed E-state index contributed by atoms with van der Waals surface area (Å²) >= 11 is 0. The van der Waals surface area contributed by atoms with Crippen LogP contribution in [0.15, 0.2) is 97.1 Å². The molecule has 0 saturated heterocycles. The first-order valence-corrected chi connectivity index (χ1v) is 13.8. The predicted octanol–water partition coefficient (Wildman–Crippen LogP) is 3.96. The van der Waals surface area contributed by atoms with Crippen LogP contribution in [-0.2, 0) is 52.2 Å². The van der Waals surface area contributed by atoms with Gasteiger partial charge in [-0.2, -0.15) is 0 Å². The number of hydrogen-bond acceptors (Lipinski definition) is 8. The number of nitrogens with two attached hydrogens (primary N) is 2. The van der Waals surface area contributed by atoms with Crippen molar-refractivity contribution in [3.8, 4) is 22.3 Å². The molecular weight excluding hydrogens is 607 g/mol. The molecule has 0 bridgehead atoms. The largest absolute Gasteiger partial charge is 2.00 e. The van der Waals surface area contributed by atoms with Gasteiger partial charge in [0.25, 0.3) is 0 Å². The van der Waals surface area contributed by atoms with Crippen molar-refractivity contribution in [3.05, 3.63) is 108 Å². The van der Waals surface area contributed by atoms with E-state index in [0.29, 0.717) is 33.6 Å². The van der Waals surface area contributed by atoms with Gasteiger partial charge in [0, 0.05) is 11.4 Å². The van der Waals surface area contributed by atoms with Gasteiger partial charge in [-0.1, -0.05) is 84.9 Å². The predicted molar refractivity (Wildman–Crippen MR) is 139 cm³/mol. The van der Waals surface area contributed by atoms with E-state index in [1.807, 2.05) is 60.7 Å². The summed E-state index contributed by atoms with van der Waals surface area (Å²) < 4.78 is 65.6. The molecule has 0 aromatic heterocycles. The molecule has 8 nitrogen and oxygen atoms in total. The second kappa shape index (κ2) is 13.0. The van der Waals surface area contributed by atoms with Gasteiger partial charge in [0.2, 0.25) is 0 Å². The van der Waals surface area contributed by atoms with E-state index in [1.165, 1.54) is 0 Å². The Kier molecular flexibility index (Phi) is 10.6. The van der Waals surface area contributed by atoms with E-state index in [1.54, 1.807) is 36.4 Å². The van der Waals surface area contributed by atoms with E-state index >= 15 is 0 Å². The van der Waals surface area contributed by atoms with Gasteiger partial charge in [-0.05, 0) is 45.5 Å². The molecule has 4 N–H and O–H groups in total. The Labute approximate surface area is 230 Å². The van der Waals surface area contributed by atoms with E-state index in [-0.39, 0.29) is 20.4 Å². The zero-order valence-electron chi connectivity index (χ0n) is 19.4. The Bertz CT molecular complexity index is 1430. The standard InChI is InChI=1S/2C13H13NO3S.Pd/c2*14-13-8-4-7-11(10-5-2-1-3-6-10)12(13)9-18(15,16)17;/h2*1-8H,9,14H2,(H,15,16,17);/q;;+2/p-2. The quantitative estimate of drug-likeness (QED) is 0.183. The van der Waals surface area contributed by atoms with Gasteiger partial charge in [0.05, 0.1) is 31.7 Å². The monoisotopic (exact) mass is 630 g/mol. The van der Waals surface area contributed by atoms with E-state index in [2.05, 4.69) is 0 Å². The van der Waals surface area contributed by atoms with Crippen LogP contribution < -0.4 is 11.5 Å². The summed E-state index contributed by atoms with van der Waals surface area (Å²) in [4.78, 5) is 0. The zero-order chi connectivity index (χ0) is 26.3. The van der Waals surface area contributed by atoms with Gasteiger partial charge in [-0.3, -0.25) is 0 Å². The molecule has 0 aliphatic carbocycles. The number of benzene rings is 4. The van der Waals surface area contributed by atoms with Crippen molar-refractivity contribution in [2.45, 2.75) is 11.5 Å². The van der Waals surface area contributed by atoms with Crippen LogP contribution in [-0.4, -0.2) is 25.9 Å².